The van der Waals surface area contributed by atoms with Gasteiger partial charge in [-0.2, -0.15) is 0 Å². The molecule has 3 rings (SSSR count). The zero-order valence-electron chi connectivity index (χ0n) is 19.3. The predicted octanol–water partition coefficient (Wildman–Crippen LogP) is 1.54. The summed E-state index contributed by atoms with van der Waals surface area (Å²) in [6.45, 7) is 5.20. The highest BCUT2D eigenvalue weighted by Crippen LogP contribution is 2.13. The third-order valence-corrected chi connectivity index (χ3v) is 5.16. The number of anilines is 1. The maximum absolute atomic E-state index is 12.6. The van der Waals surface area contributed by atoms with Gasteiger partial charge in [0.15, 0.2) is 0 Å². The second-order valence-electron chi connectivity index (χ2n) is 8.45. The first kappa shape index (κ1) is 25.0. The number of carbonyl (C=O) groups excluding carboxylic acids is 4. The molecule has 3 N–H and O–H groups in total. The molecule has 34 heavy (non-hydrogen) atoms. The van der Waals surface area contributed by atoms with Gasteiger partial charge in [0.05, 0.1) is 32.4 Å². The van der Waals surface area contributed by atoms with E-state index in [1.165, 1.54) is 6.26 Å². The molecule has 1 atom stereocenters. The SMILES string of the molecule is CC(C)COC(=O)CC1C(=O)NCCN1CC(=O)Nc1ccc(C(=O)NCc2ccco2)cc1. The first-order chi connectivity index (χ1) is 16.3. The smallest absolute Gasteiger partial charge is 0.307 e. The molecule has 2 heterocycles. The van der Waals surface area contributed by atoms with Crippen molar-refractivity contribution in [3.05, 3.63) is 54.0 Å². The number of esters is 1. The number of ether oxygens (including phenoxy) is 1. The van der Waals surface area contributed by atoms with Gasteiger partial charge in [0.1, 0.15) is 11.8 Å². The van der Waals surface area contributed by atoms with Gasteiger partial charge in [-0.1, -0.05) is 13.8 Å². The fourth-order valence-corrected chi connectivity index (χ4v) is 3.42. The Labute approximate surface area is 198 Å². The lowest BCUT2D eigenvalue weighted by Gasteiger charge is -2.33. The van der Waals surface area contributed by atoms with Crippen molar-refractivity contribution in [1.29, 1.82) is 0 Å². The van der Waals surface area contributed by atoms with Crippen LogP contribution in [0.25, 0.3) is 0 Å². The molecule has 0 aliphatic carbocycles. The minimum atomic E-state index is -0.764. The average Bonchev–Trinajstić information content (AvgIpc) is 3.32. The second kappa shape index (κ2) is 12.0. The van der Waals surface area contributed by atoms with E-state index in [4.69, 9.17) is 9.15 Å². The van der Waals surface area contributed by atoms with Gasteiger partial charge in [-0.25, -0.2) is 0 Å². The van der Waals surface area contributed by atoms with Gasteiger partial charge in [-0.15, -0.1) is 0 Å². The Kier molecular flexibility index (Phi) is 8.80. The first-order valence-corrected chi connectivity index (χ1v) is 11.2. The van der Waals surface area contributed by atoms with Crippen molar-refractivity contribution in [2.45, 2.75) is 32.9 Å². The van der Waals surface area contributed by atoms with Gasteiger partial charge in [0.25, 0.3) is 5.91 Å². The number of nitrogens with one attached hydrogen (secondary N) is 3. The van der Waals surface area contributed by atoms with Crippen molar-refractivity contribution >= 4 is 29.4 Å². The Morgan fingerprint density at radius 1 is 1.21 bits per heavy atom. The lowest BCUT2D eigenvalue weighted by molar-refractivity contribution is -0.149. The molecule has 2 aromatic rings. The second-order valence-corrected chi connectivity index (χ2v) is 8.45. The van der Waals surface area contributed by atoms with Crippen LogP contribution >= 0.6 is 0 Å². The molecule has 0 saturated carbocycles. The van der Waals surface area contributed by atoms with Crippen molar-refractivity contribution in [3.8, 4) is 0 Å². The molecule has 182 valence electrons. The molecule has 0 spiro atoms. The van der Waals surface area contributed by atoms with E-state index in [1.807, 2.05) is 13.8 Å². The minimum Gasteiger partial charge on any atom is -0.467 e. The van der Waals surface area contributed by atoms with E-state index < -0.39 is 12.0 Å². The average molecular weight is 471 g/mol. The van der Waals surface area contributed by atoms with Crippen LogP contribution in [0.1, 0.15) is 36.4 Å². The highest BCUT2D eigenvalue weighted by molar-refractivity contribution is 5.96. The van der Waals surface area contributed by atoms with E-state index in [0.29, 0.717) is 30.1 Å². The van der Waals surface area contributed by atoms with Crippen molar-refractivity contribution < 1.29 is 28.3 Å². The Balaban J connectivity index is 1.51. The Hall–Kier alpha value is -3.66. The van der Waals surface area contributed by atoms with Crippen LogP contribution in [0.3, 0.4) is 0 Å². The molecule has 0 radical (unpaired) electrons. The maximum Gasteiger partial charge on any atom is 0.307 e. The van der Waals surface area contributed by atoms with Crippen molar-refractivity contribution in [2.75, 3.05) is 31.6 Å². The zero-order chi connectivity index (χ0) is 24.5. The van der Waals surface area contributed by atoms with Gasteiger partial charge in [-0.3, -0.25) is 24.1 Å². The Bertz CT molecular complexity index is 987. The molecule has 10 heteroatoms. The summed E-state index contributed by atoms with van der Waals surface area (Å²) in [6.07, 6.45) is 1.42. The fraction of sp³-hybridized carbons (Fsp3) is 0.417. The number of rotatable bonds is 10. The molecule has 1 fully saturated rings. The monoisotopic (exact) mass is 470 g/mol. The van der Waals surface area contributed by atoms with Crippen molar-refractivity contribution in [3.63, 3.8) is 0 Å². The number of hydrogen-bond donors (Lipinski definition) is 3. The van der Waals surface area contributed by atoms with E-state index in [9.17, 15) is 19.2 Å². The summed E-state index contributed by atoms with van der Waals surface area (Å²) in [7, 11) is 0. The molecule has 1 aromatic carbocycles. The maximum atomic E-state index is 12.6. The van der Waals surface area contributed by atoms with Gasteiger partial charge in [-0.05, 0) is 42.3 Å². The van der Waals surface area contributed by atoms with Gasteiger partial charge in [0.2, 0.25) is 11.8 Å². The molecule has 1 unspecified atom stereocenters. The summed E-state index contributed by atoms with van der Waals surface area (Å²) in [5.41, 5.74) is 0.958. The van der Waals surface area contributed by atoms with Crippen LogP contribution < -0.4 is 16.0 Å². The first-order valence-electron chi connectivity index (χ1n) is 11.2. The van der Waals surface area contributed by atoms with E-state index in [2.05, 4.69) is 16.0 Å². The number of benzene rings is 1. The number of hydrogen-bond acceptors (Lipinski definition) is 7. The van der Waals surface area contributed by atoms with Crippen LogP contribution in [-0.4, -0.2) is 60.9 Å². The van der Waals surface area contributed by atoms with Gasteiger partial charge in [0, 0.05) is 24.3 Å². The summed E-state index contributed by atoms with van der Waals surface area (Å²) >= 11 is 0. The highest BCUT2D eigenvalue weighted by Gasteiger charge is 2.33. The quantitative estimate of drug-likeness (QED) is 0.449. The predicted molar refractivity (Wildman–Crippen MR) is 124 cm³/mol. The third kappa shape index (κ3) is 7.45. The highest BCUT2D eigenvalue weighted by atomic mass is 16.5. The van der Waals surface area contributed by atoms with Crippen LogP contribution in [0.4, 0.5) is 5.69 Å². The Morgan fingerprint density at radius 2 is 1.97 bits per heavy atom. The number of nitrogens with zero attached hydrogens (tertiary/aromatic N) is 1. The van der Waals surface area contributed by atoms with E-state index in [0.717, 1.165) is 0 Å². The minimum absolute atomic E-state index is 0.0546. The standard InChI is InChI=1S/C24H30N4O6/c1-16(2)15-34-22(30)12-20-24(32)25-9-10-28(20)14-21(29)27-18-7-5-17(6-8-18)23(31)26-13-19-4-3-11-33-19/h3-8,11,16,20H,9-10,12-15H2,1-2H3,(H,25,32)(H,26,31)(H,27,29). The number of amides is 3. The third-order valence-electron chi connectivity index (χ3n) is 5.16. The van der Waals surface area contributed by atoms with E-state index in [1.54, 1.807) is 41.3 Å². The number of carbonyl (C=O) groups is 4. The fourth-order valence-electron chi connectivity index (χ4n) is 3.42. The largest absolute Gasteiger partial charge is 0.467 e. The van der Waals surface area contributed by atoms with Gasteiger partial charge >= 0.3 is 5.97 Å². The Morgan fingerprint density at radius 3 is 2.65 bits per heavy atom. The zero-order valence-corrected chi connectivity index (χ0v) is 19.3. The van der Waals surface area contributed by atoms with Crippen LogP contribution in [0.15, 0.2) is 47.1 Å². The summed E-state index contributed by atoms with van der Waals surface area (Å²) in [5, 5.41) is 8.24. The molecule has 1 saturated heterocycles. The number of furan rings is 1. The van der Waals surface area contributed by atoms with Crippen molar-refractivity contribution in [2.24, 2.45) is 5.92 Å². The van der Waals surface area contributed by atoms with Crippen molar-refractivity contribution in [1.82, 2.24) is 15.5 Å². The van der Waals surface area contributed by atoms with Crippen LogP contribution in [0, 0.1) is 5.92 Å². The van der Waals surface area contributed by atoms with Crippen LogP contribution in [-0.2, 0) is 25.7 Å². The van der Waals surface area contributed by atoms with Crippen LogP contribution in [0.5, 0.6) is 0 Å². The molecule has 3 amide bonds. The molecule has 1 aliphatic rings. The normalized spacial score (nSPS) is 16.1. The summed E-state index contributed by atoms with van der Waals surface area (Å²) in [4.78, 5) is 50.9. The molecule has 1 aliphatic heterocycles. The van der Waals surface area contributed by atoms with Crippen LogP contribution in [0.2, 0.25) is 0 Å². The molecule has 1 aromatic heterocycles. The summed E-state index contributed by atoms with van der Waals surface area (Å²) < 4.78 is 10.4. The molecule has 10 nitrogen and oxygen atoms in total. The molecular weight excluding hydrogens is 440 g/mol. The molecule has 0 bridgehead atoms. The summed E-state index contributed by atoms with van der Waals surface area (Å²) in [6, 6.07) is 9.22. The van der Waals surface area contributed by atoms with Gasteiger partial charge < -0.3 is 25.1 Å². The van der Waals surface area contributed by atoms with E-state index in [-0.39, 0.29) is 49.8 Å². The number of piperazine rings is 1. The topological polar surface area (TPSA) is 130 Å². The lowest BCUT2D eigenvalue weighted by Crippen LogP contribution is -2.57. The van der Waals surface area contributed by atoms with E-state index >= 15 is 0 Å². The lowest BCUT2D eigenvalue weighted by atomic mass is 10.1. The summed E-state index contributed by atoms with van der Waals surface area (Å²) in [5.74, 6) is -0.520. The molecular formula is C24H30N4O6.